The molecule has 0 bridgehead atoms. The van der Waals surface area contributed by atoms with Gasteiger partial charge in [-0.1, -0.05) is 0 Å². The molecule has 8 nitrogen and oxygen atoms in total. The topological polar surface area (TPSA) is 112 Å². The maximum atomic E-state index is 12.4. The number of carboxylic acids is 1. The Balaban J connectivity index is 1.63. The summed E-state index contributed by atoms with van der Waals surface area (Å²) in [7, 11) is 0. The van der Waals surface area contributed by atoms with E-state index in [1.165, 1.54) is 11.1 Å². The lowest BCUT2D eigenvalue weighted by Gasteiger charge is -2.29. The van der Waals surface area contributed by atoms with E-state index in [4.69, 9.17) is 14.6 Å². The molecule has 2 heterocycles. The molecule has 1 aromatic rings. The van der Waals surface area contributed by atoms with E-state index in [-0.39, 0.29) is 12.4 Å². The van der Waals surface area contributed by atoms with Gasteiger partial charge in [0.2, 0.25) is 6.79 Å². The smallest absolute Gasteiger partial charge is 0.306 e. The number of amides is 1. The highest BCUT2D eigenvalue weighted by Crippen LogP contribution is 2.34. The number of carbonyl (C=O) groups is 2. The Morgan fingerprint density at radius 3 is 2.68 bits per heavy atom. The van der Waals surface area contributed by atoms with Gasteiger partial charge in [0.15, 0.2) is 11.5 Å². The second-order valence-corrected chi connectivity index (χ2v) is 5.79. The normalized spacial score (nSPS) is 17.1. The second kappa shape index (κ2) is 7.13. The maximum Gasteiger partial charge on any atom is 0.306 e. The van der Waals surface area contributed by atoms with Crippen molar-refractivity contribution in [3.8, 4) is 17.6 Å². The van der Waals surface area contributed by atoms with Gasteiger partial charge in [0.1, 0.15) is 11.6 Å². The maximum absolute atomic E-state index is 12.4. The molecule has 2 N–H and O–H groups in total. The SMILES string of the molecule is N#C/C(=C/Nc1ccc2c(c1)OCO2)C(=O)N1CCC(C(=O)O)CC1. The van der Waals surface area contributed by atoms with E-state index in [2.05, 4.69) is 5.32 Å². The second-order valence-electron chi connectivity index (χ2n) is 5.79. The molecule has 0 aromatic heterocycles. The van der Waals surface area contributed by atoms with Crippen LogP contribution in [0.25, 0.3) is 0 Å². The molecule has 1 aromatic carbocycles. The first kappa shape index (κ1) is 16.6. The number of ether oxygens (including phenoxy) is 2. The number of piperidine rings is 1. The van der Waals surface area contributed by atoms with E-state index >= 15 is 0 Å². The van der Waals surface area contributed by atoms with E-state index in [9.17, 15) is 14.9 Å². The van der Waals surface area contributed by atoms with Crippen molar-refractivity contribution in [3.05, 3.63) is 30.0 Å². The number of anilines is 1. The summed E-state index contributed by atoms with van der Waals surface area (Å²) in [5.41, 5.74) is 0.626. The van der Waals surface area contributed by atoms with E-state index in [0.29, 0.717) is 43.1 Å². The number of carbonyl (C=O) groups excluding carboxylic acids is 1. The van der Waals surface area contributed by atoms with Crippen molar-refractivity contribution < 1.29 is 24.2 Å². The summed E-state index contributed by atoms with van der Waals surface area (Å²) < 4.78 is 10.5. The van der Waals surface area contributed by atoms with E-state index in [1.807, 2.05) is 6.07 Å². The van der Waals surface area contributed by atoms with Crippen LogP contribution in [0.5, 0.6) is 11.5 Å². The molecule has 0 unspecified atom stereocenters. The molecule has 0 atom stereocenters. The lowest BCUT2D eigenvalue weighted by Crippen LogP contribution is -2.40. The Labute approximate surface area is 144 Å². The van der Waals surface area contributed by atoms with Crippen LogP contribution in [0, 0.1) is 17.2 Å². The van der Waals surface area contributed by atoms with Gasteiger partial charge in [0.25, 0.3) is 5.91 Å². The van der Waals surface area contributed by atoms with Crippen LogP contribution in [0.15, 0.2) is 30.0 Å². The molecule has 2 aliphatic rings. The minimum Gasteiger partial charge on any atom is -0.481 e. The minimum absolute atomic E-state index is 0.0357. The fourth-order valence-electron chi connectivity index (χ4n) is 2.78. The number of nitrogens with zero attached hydrogens (tertiary/aromatic N) is 2. The zero-order valence-corrected chi connectivity index (χ0v) is 13.4. The van der Waals surface area contributed by atoms with Crippen molar-refractivity contribution in [2.24, 2.45) is 5.92 Å². The number of hydrogen-bond acceptors (Lipinski definition) is 6. The number of likely N-dealkylation sites (tertiary alicyclic amines) is 1. The van der Waals surface area contributed by atoms with Crippen LogP contribution in [-0.2, 0) is 9.59 Å². The zero-order chi connectivity index (χ0) is 17.8. The molecular weight excluding hydrogens is 326 g/mol. The molecule has 1 amide bonds. The molecule has 130 valence electrons. The summed E-state index contributed by atoms with van der Waals surface area (Å²) in [6.45, 7) is 0.834. The highest BCUT2D eigenvalue weighted by molar-refractivity contribution is 5.97. The van der Waals surface area contributed by atoms with Crippen LogP contribution in [0.1, 0.15) is 12.8 Å². The van der Waals surface area contributed by atoms with Gasteiger partial charge in [-0.25, -0.2) is 0 Å². The van der Waals surface area contributed by atoms with Crippen molar-refractivity contribution in [1.82, 2.24) is 4.90 Å². The van der Waals surface area contributed by atoms with Crippen LogP contribution in [0.4, 0.5) is 5.69 Å². The van der Waals surface area contributed by atoms with Crippen molar-refractivity contribution in [2.75, 3.05) is 25.2 Å². The molecule has 25 heavy (non-hydrogen) atoms. The van der Waals surface area contributed by atoms with Gasteiger partial charge in [-0.05, 0) is 25.0 Å². The molecular formula is C17H17N3O5. The molecule has 0 aliphatic carbocycles. The summed E-state index contributed by atoms with van der Waals surface area (Å²) in [6, 6.07) is 7.10. The highest BCUT2D eigenvalue weighted by Gasteiger charge is 2.28. The number of nitriles is 1. The van der Waals surface area contributed by atoms with Gasteiger partial charge in [0.05, 0.1) is 5.92 Å². The quantitative estimate of drug-likeness (QED) is 0.630. The third kappa shape index (κ3) is 3.66. The number of carboxylic acid groups (broad SMARTS) is 1. The molecule has 1 saturated heterocycles. The lowest BCUT2D eigenvalue weighted by atomic mass is 9.97. The molecule has 8 heteroatoms. The summed E-state index contributed by atoms with van der Waals surface area (Å²) >= 11 is 0. The Morgan fingerprint density at radius 1 is 1.28 bits per heavy atom. The first-order chi connectivity index (χ1) is 12.1. The van der Waals surface area contributed by atoms with Crippen molar-refractivity contribution in [3.63, 3.8) is 0 Å². The minimum atomic E-state index is -0.840. The molecule has 0 saturated carbocycles. The number of benzene rings is 1. The zero-order valence-electron chi connectivity index (χ0n) is 13.4. The van der Waals surface area contributed by atoms with Crippen molar-refractivity contribution in [2.45, 2.75) is 12.8 Å². The molecule has 3 rings (SSSR count). The third-order valence-electron chi connectivity index (χ3n) is 4.24. The first-order valence-corrected chi connectivity index (χ1v) is 7.87. The van der Waals surface area contributed by atoms with Crippen LogP contribution < -0.4 is 14.8 Å². The molecule has 0 radical (unpaired) electrons. The number of hydrogen-bond donors (Lipinski definition) is 2. The van der Waals surface area contributed by atoms with Gasteiger partial charge >= 0.3 is 5.97 Å². The Morgan fingerprint density at radius 2 is 2.00 bits per heavy atom. The van der Waals surface area contributed by atoms with Gasteiger partial charge in [-0.15, -0.1) is 0 Å². The Kier molecular flexibility index (Phi) is 4.75. The number of fused-ring (bicyclic) bond motifs is 1. The van der Waals surface area contributed by atoms with Gasteiger partial charge < -0.3 is 24.8 Å². The Hall–Kier alpha value is -3.21. The predicted molar refractivity (Wildman–Crippen MR) is 86.8 cm³/mol. The van der Waals surface area contributed by atoms with E-state index in [0.717, 1.165) is 0 Å². The van der Waals surface area contributed by atoms with E-state index < -0.39 is 17.8 Å². The van der Waals surface area contributed by atoms with Gasteiger partial charge in [-0.3, -0.25) is 9.59 Å². The average Bonchev–Trinajstić information content (AvgIpc) is 3.10. The highest BCUT2D eigenvalue weighted by atomic mass is 16.7. The van der Waals surface area contributed by atoms with Gasteiger partial charge in [-0.2, -0.15) is 5.26 Å². The van der Waals surface area contributed by atoms with Crippen LogP contribution in [-0.4, -0.2) is 41.8 Å². The average molecular weight is 343 g/mol. The number of nitrogens with one attached hydrogen (secondary N) is 1. The lowest BCUT2D eigenvalue weighted by molar-refractivity contribution is -0.145. The first-order valence-electron chi connectivity index (χ1n) is 7.87. The molecule has 0 spiro atoms. The standard InChI is InChI=1S/C17H17N3O5/c18-8-12(16(21)20-5-3-11(4-6-20)17(22)23)9-19-13-1-2-14-15(7-13)25-10-24-14/h1-2,7,9,11,19H,3-6,10H2,(H,22,23)/b12-9-. The number of rotatable bonds is 4. The van der Waals surface area contributed by atoms with Crippen molar-refractivity contribution >= 4 is 17.6 Å². The molecule has 1 fully saturated rings. The van der Waals surface area contributed by atoms with E-state index in [1.54, 1.807) is 18.2 Å². The molecule has 2 aliphatic heterocycles. The monoisotopic (exact) mass is 343 g/mol. The fourth-order valence-corrected chi connectivity index (χ4v) is 2.78. The number of aliphatic carboxylic acids is 1. The predicted octanol–water partition coefficient (Wildman–Crippen LogP) is 1.56. The van der Waals surface area contributed by atoms with Crippen LogP contribution in [0.2, 0.25) is 0 Å². The van der Waals surface area contributed by atoms with Crippen molar-refractivity contribution in [1.29, 1.82) is 5.26 Å². The summed E-state index contributed by atoms with van der Waals surface area (Å²) in [5, 5.41) is 21.2. The van der Waals surface area contributed by atoms with Crippen LogP contribution >= 0.6 is 0 Å². The van der Waals surface area contributed by atoms with Gasteiger partial charge in [0, 0.05) is 31.0 Å². The largest absolute Gasteiger partial charge is 0.481 e. The summed E-state index contributed by atoms with van der Waals surface area (Å²) in [5.74, 6) is -0.427. The fraction of sp³-hybridized carbons (Fsp3) is 0.353. The summed E-state index contributed by atoms with van der Waals surface area (Å²) in [6.07, 6.45) is 2.15. The van der Waals surface area contributed by atoms with Crippen LogP contribution in [0.3, 0.4) is 0 Å². The third-order valence-corrected chi connectivity index (χ3v) is 4.24. The summed E-state index contributed by atoms with van der Waals surface area (Å²) in [4.78, 5) is 24.9. The Bertz CT molecular complexity index is 760.